The molecule has 0 spiro atoms. The maximum atomic E-state index is 2.63. The molecule has 0 nitrogen and oxygen atoms in total. The molecule has 14 rings (SSSR count). The van der Waals surface area contributed by atoms with E-state index < -0.39 is 16.1 Å². The van der Waals surface area contributed by atoms with E-state index in [1.54, 1.807) is 0 Å². The fourth-order valence-corrected chi connectivity index (χ4v) is 22.7. The predicted octanol–water partition coefficient (Wildman–Crippen LogP) is 14.1. The highest BCUT2D eigenvalue weighted by atomic mass is 28.3. The van der Waals surface area contributed by atoms with Gasteiger partial charge in [-0.1, -0.05) is 328 Å². The molecule has 366 valence electrons. The maximum absolute atomic E-state index is 2.99. The normalized spacial score (nSPS) is 11.8. The van der Waals surface area contributed by atoms with Crippen LogP contribution in [0.3, 0.4) is 0 Å². The number of benzene rings is 14. The molecule has 0 radical (unpaired) electrons. The van der Waals surface area contributed by atoms with Crippen molar-refractivity contribution in [2.75, 3.05) is 0 Å². The van der Waals surface area contributed by atoms with Crippen molar-refractivity contribution < 1.29 is 0 Å². The lowest BCUT2D eigenvalue weighted by molar-refractivity contribution is 1.63. The molecule has 0 heterocycles. The summed E-state index contributed by atoms with van der Waals surface area (Å²) >= 11 is 0. The predicted molar refractivity (Wildman–Crippen MR) is 340 cm³/mol. The molecule has 0 bridgehead atoms. The molecule has 0 N–H and O–H groups in total. The van der Waals surface area contributed by atoms with Crippen molar-refractivity contribution >= 4 is 101 Å². The van der Waals surface area contributed by atoms with Crippen LogP contribution in [0.25, 0.3) is 76.5 Å². The molecular formula is C76H54Si2. The highest BCUT2D eigenvalue weighted by Gasteiger charge is 2.43. The molecule has 0 unspecified atom stereocenters. The van der Waals surface area contributed by atoms with E-state index in [4.69, 9.17) is 0 Å². The van der Waals surface area contributed by atoms with Crippen molar-refractivity contribution in [2.24, 2.45) is 0 Å². The van der Waals surface area contributed by atoms with Gasteiger partial charge in [0.25, 0.3) is 0 Å². The van der Waals surface area contributed by atoms with Crippen LogP contribution < -0.4 is 41.5 Å². The topological polar surface area (TPSA) is 0 Å². The standard InChI is InChI=1S/C76H54Si2/c1-7-29-59(30-8-1)77(60-31-9-2-10-32-60,61-33-11-3-12-34-61)65-49-51-71-73(53-65)76(70-44-24-28-56-26-20-22-42-69(56)70)74-54-66(78(62-35-13-4-14-36-62,63-37-15-5-16-38-63)64-39-17-6-18-40-64)50-52-72(74)75(71)58-47-45-57(46-48-58)68-43-23-27-55-25-19-21-41-67(55)68/h1-54H. The van der Waals surface area contributed by atoms with Crippen molar-refractivity contribution in [3.63, 3.8) is 0 Å². The second kappa shape index (κ2) is 19.9. The van der Waals surface area contributed by atoms with Gasteiger partial charge in [-0.2, -0.15) is 0 Å². The molecule has 0 saturated carbocycles. The Hall–Kier alpha value is -9.45. The SMILES string of the molecule is c1ccc([Si](c2ccccc2)(c2ccccc2)c2ccc3c(-c4ccc(-c5cccc6ccccc56)cc4)c4ccc([Si](c5ccccc5)(c5ccccc5)c5ccccc5)cc4c(-c4cccc5ccccc45)c3c2)cc1. The Morgan fingerprint density at radius 3 is 0.859 bits per heavy atom. The number of hydrogen-bond acceptors (Lipinski definition) is 0. The smallest absolute Gasteiger partial charge is 0.0623 e. The highest BCUT2D eigenvalue weighted by Crippen LogP contribution is 2.46. The summed E-state index contributed by atoms with van der Waals surface area (Å²) < 4.78 is 0. The lowest BCUT2D eigenvalue weighted by Gasteiger charge is -2.35. The molecule has 0 fully saturated rings. The van der Waals surface area contributed by atoms with E-state index in [2.05, 4.69) is 328 Å². The maximum Gasteiger partial charge on any atom is 0.179 e. The number of hydrogen-bond donors (Lipinski definition) is 0. The molecule has 0 aromatic heterocycles. The molecule has 0 aliphatic carbocycles. The minimum Gasteiger partial charge on any atom is -0.0623 e. The van der Waals surface area contributed by atoms with Gasteiger partial charge in [0.15, 0.2) is 16.1 Å². The van der Waals surface area contributed by atoms with Gasteiger partial charge in [0, 0.05) is 0 Å². The zero-order valence-corrected chi connectivity index (χ0v) is 45.2. The summed E-state index contributed by atoms with van der Waals surface area (Å²) in [6.45, 7) is 0. The van der Waals surface area contributed by atoms with Gasteiger partial charge in [0.05, 0.1) is 0 Å². The average molecular weight is 1020 g/mol. The second-order valence-electron chi connectivity index (χ2n) is 20.6. The zero-order valence-electron chi connectivity index (χ0n) is 43.2. The third-order valence-electron chi connectivity index (χ3n) is 16.6. The summed E-state index contributed by atoms with van der Waals surface area (Å²) in [5.41, 5.74) is 7.36. The Bertz CT molecular complexity index is 4050. The monoisotopic (exact) mass is 1020 g/mol. The quantitative estimate of drug-likeness (QED) is 0.0688. The van der Waals surface area contributed by atoms with Gasteiger partial charge in [-0.3, -0.25) is 0 Å². The molecule has 0 saturated heterocycles. The van der Waals surface area contributed by atoms with Crippen molar-refractivity contribution in [1.29, 1.82) is 0 Å². The summed E-state index contributed by atoms with van der Waals surface area (Å²) in [4.78, 5) is 0. The summed E-state index contributed by atoms with van der Waals surface area (Å²) in [6.07, 6.45) is 0. The van der Waals surface area contributed by atoms with Crippen LogP contribution in [0, 0.1) is 0 Å². The first-order valence-electron chi connectivity index (χ1n) is 27.2. The van der Waals surface area contributed by atoms with Crippen LogP contribution in [0.4, 0.5) is 0 Å². The summed E-state index contributed by atoms with van der Waals surface area (Å²) in [6, 6.07) is 124. The van der Waals surface area contributed by atoms with Gasteiger partial charge in [-0.25, -0.2) is 0 Å². The first kappa shape index (κ1) is 47.0. The minimum atomic E-state index is -2.99. The Morgan fingerprint density at radius 2 is 0.474 bits per heavy atom. The van der Waals surface area contributed by atoms with Crippen LogP contribution in [0.5, 0.6) is 0 Å². The Balaban J connectivity index is 1.16. The Labute approximate surface area is 458 Å². The summed E-state index contributed by atoms with van der Waals surface area (Å²) in [7, 11) is -5.99. The fourth-order valence-electron chi connectivity index (χ4n) is 13.2. The minimum absolute atomic E-state index is 1.19. The van der Waals surface area contributed by atoms with Crippen LogP contribution in [0.15, 0.2) is 328 Å². The van der Waals surface area contributed by atoms with Gasteiger partial charge in [-0.05, 0) is 118 Å². The van der Waals surface area contributed by atoms with Gasteiger partial charge < -0.3 is 0 Å². The molecule has 0 aliphatic rings. The first-order valence-corrected chi connectivity index (χ1v) is 31.2. The molecule has 2 heteroatoms. The van der Waals surface area contributed by atoms with E-state index in [1.165, 1.54) is 118 Å². The van der Waals surface area contributed by atoms with Crippen LogP contribution in [-0.2, 0) is 0 Å². The van der Waals surface area contributed by atoms with Crippen molar-refractivity contribution in [2.45, 2.75) is 0 Å². The lowest BCUT2D eigenvalue weighted by Crippen LogP contribution is -2.74. The zero-order chi connectivity index (χ0) is 51.9. The molecule has 78 heavy (non-hydrogen) atoms. The third-order valence-corrected chi connectivity index (χ3v) is 26.1. The average Bonchev–Trinajstić information content (AvgIpc) is 3.69. The van der Waals surface area contributed by atoms with Crippen LogP contribution in [0.2, 0.25) is 0 Å². The van der Waals surface area contributed by atoms with Gasteiger partial charge in [-0.15, -0.1) is 0 Å². The fraction of sp³-hybridized carbons (Fsp3) is 0. The molecule has 0 atom stereocenters. The van der Waals surface area contributed by atoms with Gasteiger partial charge in [0.2, 0.25) is 0 Å². The van der Waals surface area contributed by atoms with Crippen molar-refractivity contribution in [1.82, 2.24) is 0 Å². The molecule has 0 aliphatic heterocycles. The summed E-state index contributed by atoms with van der Waals surface area (Å²) in [5.74, 6) is 0. The highest BCUT2D eigenvalue weighted by molar-refractivity contribution is 7.20. The Kier molecular flexibility index (Phi) is 12.0. The molecule has 0 amide bonds. The van der Waals surface area contributed by atoms with E-state index in [0.717, 1.165) is 0 Å². The van der Waals surface area contributed by atoms with Crippen LogP contribution in [-0.4, -0.2) is 16.1 Å². The number of fused-ring (bicyclic) bond motifs is 4. The van der Waals surface area contributed by atoms with E-state index in [-0.39, 0.29) is 0 Å². The van der Waals surface area contributed by atoms with Crippen LogP contribution >= 0.6 is 0 Å². The molecule has 14 aromatic rings. The largest absolute Gasteiger partial charge is 0.179 e. The van der Waals surface area contributed by atoms with E-state index in [1.807, 2.05) is 0 Å². The van der Waals surface area contributed by atoms with E-state index in [0.29, 0.717) is 0 Å². The first-order chi connectivity index (χ1) is 38.7. The summed E-state index contributed by atoms with van der Waals surface area (Å²) in [5, 5.41) is 20.7. The lowest BCUT2D eigenvalue weighted by atomic mass is 9.84. The van der Waals surface area contributed by atoms with E-state index in [9.17, 15) is 0 Å². The van der Waals surface area contributed by atoms with Crippen LogP contribution in [0.1, 0.15) is 0 Å². The number of rotatable bonds is 11. The van der Waals surface area contributed by atoms with E-state index >= 15 is 0 Å². The third kappa shape index (κ3) is 7.71. The molecule has 14 aromatic carbocycles. The van der Waals surface area contributed by atoms with Crippen molar-refractivity contribution in [3.8, 4) is 33.4 Å². The Morgan fingerprint density at radius 1 is 0.167 bits per heavy atom. The molecular weight excluding hydrogens is 969 g/mol. The van der Waals surface area contributed by atoms with Crippen molar-refractivity contribution in [3.05, 3.63) is 328 Å². The second-order valence-corrected chi connectivity index (χ2v) is 28.2. The van der Waals surface area contributed by atoms with Gasteiger partial charge >= 0.3 is 0 Å². The van der Waals surface area contributed by atoms with Gasteiger partial charge in [0.1, 0.15) is 0 Å².